The molecule has 16 heteroatoms. The molecule has 330 valence electrons. The summed E-state index contributed by atoms with van der Waals surface area (Å²) < 4.78 is 0. The molecule has 0 spiro atoms. The third kappa shape index (κ3) is 15.9. The molecule has 1 heterocycles. The molecule has 59 heavy (non-hydrogen) atoms. The van der Waals surface area contributed by atoms with Crippen LogP contribution in [0.15, 0.2) is 46.8 Å². The highest BCUT2D eigenvalue weighted by molar-refractivity contribution is 6.43. The average Bonchev–Trinajstić information content (AvgIpc) is 3.19. The Balaban J connectivity index is 1.83. The predicted octanol–water partition coefficient (Wildman–Crippen LogP) is 3.04. The highest BCUT2D eigenvalue weighted by atomic mass is 16.4. The van der Waals surface area contributed by atoms with E-state index in [0.29, 0.717) is 48.9 Å². The summed E-state index contributed by atoms with van der Waals surface area (Å²) >= 11 is 0. The van der Waals surface area contributed by atoms with E-state index in [1.54, 1.807) is 18.2 Å². The first-order chi connectivity index (χ1) is 28.2. The lowest BCUT2D eigenvalue weighted by Crippen LogP contribution is -2.60. The Bertz CT molecular complexity index is 1550. The Hall–Kier alpha value is -3.99. The molecular weight excluding hydrogens is 755 g/mol. The summed E-state index contributed by atoms with van der Waals surface area (Å²) in [5.41, 5.74) is 7.08. The zero-order chi connectivity index (χ0) is 43.5. The Kier molecular flexibility index (Phi) is 21.4. The number of nitrogens with one attached hydrogen (secondary N) is 4. The molecule has 7 atom stereocenters. The van der Waals surface area contributed by atoms with Crippen LogP contribution in [-0.4, -0.2) is 112 Å². The number of fused-ring (bicyclic) bond motifs is 4. The minimum atomic E-state index is -1.86. The number of hydrogen-bond donors (Lipinski definition) is 9. The maximum atomic E-state index is 14.4. The molecule has 0 radical (unpaired) electrons. The lowest BCUT2D eigenvalue weighted by atomic mass is 9.79. The maximum absolute atomic E-state index is 14.4. The van der Waals surface area contributed by atoms with E-state index in [1.165, 1.54) is 76.8 Å². The molecule has 5 amide bonds. The lowest BCUT2D eigenvalue weighted by molar-refractivity contribution is -0.144. The van der Waals surface area contributed by atoms with Gasteiger partial charge >= 0.3 is 7.12 Å². The van der Waals surface area contributed by atoms with Crippen molar-refractivity contribution >= 4 is 36.7 Å². The minimum Gasteiger partial charge on any atom is -0.508 e. The fourth-order valence-electron chi connectivity index (χ4n) is 7.89. The first-order valence-corrected chi connectivity index (χ1v) is 21.9. The van der Waals surface area contributed by atoms with Crippen molar-refractivity contribution in [3.63, 3.8) is 0 Å². The van der Waals surface area contributed by atoms with Crippen LogP contribution in [0.1, 0.15) is 136 Å². The summed E-state index contributed by atoms with van der Waals surface area (Å²) in [4.78, 5) is 70.2. The number of carbonyl (C=O) groups is 5. The van der Waals surface area contributed by atoms with Crippen LogP contribution in [-0.2, 0) is 24.0 Å². The second kappa shape index (κ2) is 25.6. The van der Waals surface area contributed by atoms with Gasteiger partial charge in [-0.1, -0.05) is 89.4 Å². The Morgan fingerprint density at radius 1 is 0.932 bits per heavy atom. The molecule has 3 aliphatic rings. The lowest BCUT2D eigenvalue weighted by Gasteiger charge is -2.37. The van der Waals surface area contributed by atoms with Gasteiger partial charge < -0.3 is 52.2 Å². The van der Waals surface area contributed by atoms with E-state index >= 15 is 0 Å². The normalized spacial score (nSPS) is 23.2. The summed E-state index contributed by atoms with van der Waals surface area (Å²) in [6.45, 7) is 5.45. The van der Waals surface area contributed by atoms with Gasteiger partial charge in [-0.2, -0.15) is 0 Å². The van der Waals surface area contributed by atoms with Gasteiger partial charge in [-0.15, -0.1) is 0 Å². The second-order valence-corrected chi connectivity index (χ2v) is 16.5. The van der Waals surface area contributed by atoms with E-state index in [0.717, 1.165) is 19.3 Å². The number of aliphatic hydroxyl groups excluding tert-OH is 2. The number of likely N-dealkylation sites (N-methyl/N-ethyl adjacent to an activating group) is 1. The topological polar surface area (TPSA) is 244 Å². The molecule has 3 rings (SSSR count). The van der Waals surface area contributed by atoms with E-state index in [4.69, 9.17) is 5.73 Å². The molecule has 0 aromatic heterocycles. The third-order valence-electron chi connectivity index (χ3n) is 11.6. The summed E-state index contributed by atoms with van der Waals surface area (Å²) in [6, 6.07) is -4.56. The summed E-state index contributed by atoms with van der Waals surface area (Å²) in [6.07, 6.45) is 19.9. The summed E-state index contributed by atoms with van der Waals surface area (Å²) in [5, 5.41) is 52.2. The highest BCUT2D eigenvalue weighted by Crippen LogP contribution is 2.37. The van der Waals surface area contributed by atoms with Crippen LogP contribution in [0.3, 0.4) is 0 Å². The van der Waals surface area contributed by atoms with Gasteiger partial charge in [0.05, 0.1) is 12.0 Å². The van der Waals surface area contributed by atoms with Crippen LogP contribution in [0.4, 0.5) is 0 Å². The molecular formula is C43H71BN6O9. The molecule has 0 aromatic rings. The number of hydrogen-bond acceptors (Lipinski definition) is 10. The monoisotopic (exact) mass is 827 g/mol. The second-order valence-electron chi connectivity index (χ2n) is 16.5. The van der Waals surface area contributed by atoms with E-state index in [9.17, 15) is 44.2 Å². The number of aliphatic hydroxyl groups is 2. The molecule has 1 aliphatic heterocycles. The van der Waals surface area contributed by atoms with Crippen molar-refractivity contribution in [2.24, 2.45) is 11.7 Å². The van der Waals surface area contributed by atoms with Gasteiger partial charge in [-0.3, -0.25) is 24.0 Å². The Morgan fingerprint density at radius 3 is 2.20 bits per heavy atom. The third-order valence-corrected chi connectivity index (χ3v) is 11.6. The number of allylic oxidation sites excluding steroid dienone is 2. The van der Waals surface area contributed by atoms with E-state index in [-0.39, 0.29) is 37.3 Å². The molecule has 0 aromatic carbocycles. The Morgan fingerprint density at radius 2 is 1.58 bits per heavy atom. The standard InChI is InChI=1S/C43H71BN6O9/c1-5-6-7-8-9-10-11-12-13-14-15-19-38(53)48-34(18-16-17-24-45)43(57)50(4)39-31-21-23-37(52)33(27-31)32-25-30(20-22-36(32)51)26-35(41(55)47-29(3)44(58)59)49-40(54)28(2)46-42(39)56/h20-21,23,25,28-29,31,34-36,39,51-52,58-59H,5-19,22,24,26-27,45H2,1-4H3,(H,46,56)(H,47,55)(H,48,53)(H,49,54)/t28-,29-,31?,34-,35-,36?,39-/m0/s1. The molecule has 4 bridgehead atoms. The van der Waals surface area contributed by atoms with Crippen molar-refractivity contribution in [1.82, 2.24) is 26.2 Å². The van der Waals surface area contributed by atoms with Gasteiger partial charge in [0.15, 0.2) is 0 Å². The number of nitrogens with zero attached hydrogens (tertiary/aromatic N) is 1. The van der Waals surface area contributed by atoms with Crippen molar-refractivity contribution in [2.45, 2.75) is 173 Å². The molecule has 0 saturated carbocycles. The van der Waals surface area contributed by atoms with Crippen LogP contribution in [0, 0.1) is 5.92 Å². The van der Waals surface area contributed by atoms with Gasteiger partial charge in [0.2, 0.25) is 29.5 Å². The first kappa shape index (κ1) is 49.4. The molecule has 0 fully saturated rings. The smallest absolute Gasteiger partial charge is 0.475 e. The van der Waals surface area contributed by atoms with E-state index < -0.39 is 72.9 Å². The minimum absolute atomic E-state index is 0.0353. The zero-order valence-electron chi connectivity index (χ0n) is 35.7. The number of unbranched alkanes of at least 4 members (excludes halogenated alkanes) is 11. The molecule has 2 aliphatic carbocycles. The van der Waals surface area contributed by atoms with Gasteiger partial charge in [0.25, 0.3) is 0 Å². The molecule has 10 N–H and O–H groups in total. The summed E-state index contributed by atoms with van der Waals surface area (Å²) in [5.74, 6) is -4.73. The SMILES string of the molecule is CCCCCCCCCCCCCC(=O)N[C@@H](CCCCN)C(=O)N(C)[C@@H]1C(=O)N[C@@H](C)C(=O)N[C@H](C(=O)N[C@@H](C)B(O)O)CC2=CCC(O)C(=C2)C2=C(O)C=CC1C2. The van der Waals surface area contributed by atoms with Crippen molar-refractivity contribution in [3.8, 4) is 0 Å². The molecule has 15 nitrogen and oxygen atoms in total. The van der Waals surface area contributed by atoms with Crippen LogP contribution in [0.25, 0.3) is 0 Å². The fraction of sp³-hybridized carbons (Fsp3) is 0.698. The quantitative estimate of drug-likeness (QED) is 0.0571. The predicted molar refractivity (Wildman–Crippen MR) is 228 cm³/mol. The van der Waals surface area contributed by atoms with Crippen LogP contribution >= 0.6 is 0 Å². The van der Waals surface area contributed by atoms with Crippen LogP contribution in [0.5, 0.6) is 0 Å². The Labute approximate surface area is 350 Å². The number of amides is 5. The number of rotatable bonds is 22. The van der Waals surface area contributed by atoms with Crippen molar-refractivity contribution in [2.75, 3.05) is 13.6 Å². The molecule has 0 saturated heterocycles. The van der Waals surface area contributed by atoms with Gasteiger partial charge in [-0.05, 0) is 76.1 Å². The first-order valence-electron chi connectivity index (χ1n) is 21.9. The maximum Gasteiger partial charge on any atom is 0.475 e. The van der Waals surface area contributed by atoms with E-state index in [1.807, 2.05) is 0 Å². The summed E-state index contributed by atoms with van der Waals surface area (Å²) in [7, 11) is -0.381. The van der Waals surface area contributed by atoms with Crippen LogP contribution in [0.2, 0.25) is 0 Å². The number of nitrogens with two attached hydrogens (primary N) is 1. The largest absolute Gasteiger partial charge is 0.508 e. The van der Waals surface area contributed by atoms with Crippen molar-refractivity contribution in [3.05, 3.63) is 46.8 Å². The van der Waals surface area contributed by atoms with E-state index in [2.05, 4.69) is 28.2 Å². The highest BCUT2D eigenvalue weighted by Gasteiger charge is 2.40. The van der Waals surface area contributed by atoms with Gasteiger partial charge in [0.1, 0.15) is 29.9 Å². The average molecular weight is 827 g/mol. The number of carbonyl (C=O) groups excluding carboxylic acids is 5. The zero-order valence-corrected chi connectivity index (χ0v) is 35.7. The van der Waals surface area contributed by atoms with Crippen LogP contribution < -0.4 is 27.0 Å². The van der Waals surface area contributed by atoms with Crippen molar-refractivity contribution in [1.29, 1.82) is 0 Å². The van der Waals surface area contributed by atoms with Gasteiger partial charge in [0, 0.05) is 31.4 Å². The fourth-order valence-corrected chi connectivity index (χ4v) is 7.89. The van der Waals surface area contributed by atoms with Gasteiger partial charge in [-0.25, -0.2) is 0 Å². The molecule has 2 unspecified atom stereocenters. The van der Waals surface area contributed by atoms with Crippen molar-refractivity contribution < 1.29 is 44.2 Å².